The highest BCUT2D eigenvalue weighted by Crippen LogP contribution is 2.35. The van der Waals surface area contributed by atoms with E-state index >= 15 is 0 Å². The van der Waals surface area contributed by atoms with Crippen molar-refractivity contribution in [1.82, 2.24) is 0 Å². The second kappa shape index (κ2) is 7.90. The molecule has 0 saturated heterocycles. The highest BCUT2D eigenvalue weighted by molar-refractivity contribution is 7.92. The third-order valence-electron chi connectivity index (χ3n) is 3.81. The van der Waals surface area contributed by atoms with E-state index in [-0.39, 0.29) is 11.4 Å². The minimum atomic E-state index is -4.26. The number of sulfonamides is 1. The molecule has 0 unspecified atom stereocenters. The number of aryl methyl sites for hydroxylation is 2. The highest BCUT2D eigenvalue weighted by atomic mass is 32.2. The minimum absolute atomic E-state index is 0.104. The maximum absolute atomic E-state index is 11.4. The second-order valence-electron chi connectivity index (χ2n) is 6.38. The summed E-state index contributed by atoms with van der Waals surface area (Å²) in [6, 6.07) is 8.06. The van der Waals surface area contributed by atoms with E-state index in [1.165, 1.54) is 6.07 Å². The summed E-state index contributed by atoms with van der Waals surface area (Å²) in [4.78, 5) is 17.8. The van der Waals surface area contributed by atoms with Gasteiger partial charge in [-0.3, -0.25) is 9.29 Å². The van der Waals surface area contributed by atoms with E-state index in [4.69, 9.17) is 14.5 Å². The van der Waals surface area contributed by atoms with E-state index in [2.05, 4.69) is 4.72 Å². The van der Waals surface area contributed by atoms with Crippen molar-refractivity contribution in [3.05, 3.63) is 52.6 Å². The first kappa shape index (κ1) is 21.2. The first-order valence-electron chi connectivity index (χ1n) is 7.91. The zero-order valence-electron chi connectivity index (χ0n) is 15.1. The first-order chi connectivity index (χ1) is 12.3. The lowest BCUT2D eigenvalue weighted by molar-refractivity contribution is 0.300. The van der Waals surface area contributed by atoms with Crippen LogP contribution >= 0.6 is 7.60 Å². The van der Waals surface area contributed by atoms with Crippen molar-refractivity contribution in [2.24, 2.45) is 0 Å². The monoisotopic (exact) mass is 415 g/mol. The third kappa shape index (κ3) is 6.55. The molecule has 0 saturated carbocycles. The normalized spacial score (nSPS) is 12.0. The Labute approximate surface area is 158 Å². The number of aromatic hydroxyl groups is 1. The van der Waals surface area contributed by atoms with Gasteiger partial charge in [-0.2, -0.15) is 0 Å². The van der Waals surface area contributed by atoms with E-state index in [0.29, 0.717) is 12.2 Å². The van der Waals surface area contributed by atoms with Gasteiger partial charge >= 0.3 is 7.60 Å². The molecule has 2 aromatic rings. The average molecular weight is 415 g/mol. The molecular weight excluding hydrogens is 393 g/mol. The van der Waals surface area contributed by atoms with Crippen molar-refractivity contribution < 1.29 is 32.6 Å². The predicted octanol–water partition coefficient (Wildman–Crippen LogP) is 2.49. The van der Waals surface area contributed by atoms with Crippen LogP contribution in [0.1, 0.15) is 22.3 Å². The smallest absolute Gasteiger partial charge is 0.362 e. The lowest BCUT2D eigenvalue weighted by Gasteiger charge is -2.15. The van der Waals surface area contributed by atoms with Crippen molar-refractivity contribution in [2.75, 3.05) is 17.3 Å². The molecule has 0 amide bonds. The SMILES string of the molecule is Cc1cc(OCP(=O)(O)O)cc(C)c1Cc1ccc(O)c(NS(C)(=O)=O)c1. The van der Waals surface area contributed by atoms with Gasteiger partial charge in [-0.15, -0.1) is 0 Å². The maximum Gasteiger partial charge on any atom is 0.362 e. The molecule has 0 fully saturated rings. The number of hydrogen-bond acceptors (Lipinski definition) is 5. The molecular formula is C17H22NO7PS. The standard InChI is InChI=1S/C17H22NO7PS/c1-11-6-14(25-10-26(20,21)22)7-12(2)15(11)8-13-4-5-17(19)16(9-13)18-27(3,23)24/h4-7,9,18-19H,8,10H2,1-3H3,(H2,20,21,22). The summed E-state index contributed by atoms with van der Waals surface area (Å²) in [5, 5.41) is 9.83. The van der Waals surface area contributed by atoms with Gasteiger partial charge in [0.05, 0.1) is 11.9 Å². The van der Waals surface area contributed by atoms with Crippen LogP contribution in [0.4, 0.5) is 5.69 Å². The quantitative estimate of drug-likeness (QED) is 0.403. The summed E-state index contributed by atoms with van der Waals surface area (Å²) in [7, 11) is -7.78. The van der Waals surface area contributed by atoms with Gasteiger partial charge in [0, 0.05) is 0 Å². The minimum Gasteiger partial charge on any atom is -0.506 e. The molecule has 10 heteroatoms. The molecule has 148 valence electrons. The summed E-state index contributed by atoms with van der Waals surface area (Å²) in [5.74, 6) is 0.195. The fourth-order valence-electron chi connectivity index (χ4n) is 2.65. The number of hydrogen-bond donors (Lipinski definition) is 4. The number of ether oxygens (including phenoxy) is 1. The molecule has 2 rings (SSSR count). The Morgan fingerprint density at radius 2 is 1.70 bits per heavy atom. The summed E-state index contributed by atoms with van der Waals surface area (Å²) in [6.07, 6.45) is 0.794. The number of anilines is 1. The van der Waals surface area contributed by atoms with Gasteiger partial charge in [0.2, 0.25) is 10.0 Å². The van der Waals surface area contributed by atoms with Crippen LogP contribution in [0.2, 0.25) is 0 Å². The zero-order chi connectivity index (χ0) is 20.4. The summed E-state index contributed by atoms with van der Waals surface area (Å²) < 4.78 is 41.2. The molecule has 0 spiro atoms. The van der Waals surface area contributed by atoms with Crippen LogP contribution in [0.25, 0.3) is 0 Å². The second-order valence-corrected chi connectivity index (χ2v) is 9.71. The Balaban J connectivity index is 2.27. The lowest BCUT2D eigenvalue weighted by atomic mass is 9.95. The van der Waals surface area contributed by atoms with Gasteiger partial charge < -0.3 is 19.6 Å². The molecule has 0 radical (unpaired) electrons. The average Bonchev–Trinajstić information content (AvgIpc) is 2.50. The van der Waals surface area contributed by atoms with E-state index in [1.54, 1.807) is 24.3 Å². The van der Waals surface area contributed by atoms with Gasteiger partial charge in [-0.25, -0.2) is 8.42 Å². The molecule has 0 aliphatic carbocycles. The van der Waals surface area contributed by atoms with E-state index in [1.807, 2.05) is 13.8 Å². The van der Waals surface area contributed by atoms with E-state index in [9.17, 15) is 18.1 Å². The van der Waals surface area contributed by atoms with Crippen LogP contribution in [0.15, 0.2) is 30.3 Å². The Hall–Kier alpha value is -2.06. The Kier molecular flexibility index (Phi) is 6.21. The number of nitrogens with one attached hydrogen (secondary N) is 1. The van der Waals surface area contributed by atoms with Crippen molar-refractivity contribution in [1.29, 1.82) is 0 Å². The van der Waals surface area contributed by atoms with Crippen LogP contribution in [-0.4, -0.2) is 35.9 Å². The van der Waals surface area contributed by atoms with Crippen LogP contribution < -0.4 is 9.46 Å². The Morgan fingerprint density at radius 3 is 2.22 bits per heavy atom. The van der Waals surface area contributed by atoms with Crippen LogP contribution in [0, 0.1) is 13.8 Å². The topological polar surface area (TPSA) is 133 Å². The number of rotatable bonds is 7. The Morgan fingerprint density at radius 1 is 1.11 bits per heavy atom. The molecule has 0 aliphatic heterocycles. The molecule has 27 heavy (non-hydrogen) atoms. The molecule has 2 aromatic carbocycles. The predicted molar refractivity (Wildman–Crippen MR) is 103 cm³/mol. The number of benzene rings is 2. The van der Waals surface area contributed by atoms with Crippen molar-refractivity contribution >= 4 is 23.3 Å². The van der Waals surface area contributed by atoms with Gasteiger partial charge in [-0.1, -0.05) is 6.07 Å². The molecule has 8 nitrogen and oxygen atoms in total. The lowest BCUT2D eigenvalue weighted by Crippen LogP contribution is -2.10. The van der Waals surface area contributed by atoms with Crippen LogP contribution in [-0.2, 0) is 21.0 Å². The summed E-state index contributed by atoms with van der Waals surface area (Å²) in [5.41, 5.74) is 3.58. The Bertz CT molecular complexity index is 975. The van der Waals surface area contributed by atoms with E-state index < -0.39 is 24.0 Å². The maximum atomic E-state index is 11.4. The van der Waals surface area contributed by atoms with Gasteiger partial charge in [0.15, 0.2) is 6.35 Å². The number of phenolic OH excluding ortho intramolecular Hbond substituents is 1. The fourth-order valence-corrected chi connectivity index (χ4v) is 3.53. The van der Waals surface area contributed by atoms with Crippen LogP contribution in [0.5, 0.6) is 11.5 Å². The molecule has 0 atom stereocenters. The van der Waals surface area contributed by atoms with Gasteiger partial charge in [-0.05, 0) is 66.8 Å². The van der Waals surface area contributed by atoms with Crippen molar-refractivity contribution in [2.45, 2.75) is 20.3 Å². The zero-order valence-corrected chi connectivity index (χ0v) is 16.8. The molecule has 0 heterocycles. The molecule has 0 bridgehead atoms. The van der Waals surface area contributed by atoms with Gasteiger partial charge in [0.25, 0.3) is 0 Å². The van der Waals surface area contributed by atoms with Crippen LogP contribution in [0.3, 0.4) is 0 Å². The largest absolute Gasteiger partial charge is 0.506 e. The number of phenols is 1. The fraction of sp³-hybridized carbons (Fsp3) is 0.294. The molecule has 0 aromatic heterocycles. The van der Waals surface area contributed by atoms with Crippen molar-refractivity contribution in [3.8, 4) is 11.5 Å². The third-order valence-corrected chi connectivity index (χ3v) is 4.86. The highest BCUT2D eigenvalue weighted by Gasteiger charge is 2.15. The molecule has 0 aliphatic rings. The first-order valence-corrected chi connectivity index (χ1v) is 11.6. The van der Waals surface area contributed by atoms with E-state index in [0.717, 1.165) is 28.5 Å². The molecule has 4 N–H and O–H groups in total. The van der Waals surface area contributed by atoms with Gasteiger partial charge in [0.1, 0.15) is 11.5 Å². The summed E-state index contributed by atoms with van der Waals surface area (Å²) in [6.45, 7) is 3.70. The summed E-state index contributed by atoms with van der Waals surface area (Å²) >= 11 is 0. The van der Waals surface area contributed by atoms with Crippen molar-refractivity contribution in [3.63, 3.8) is 0 Å².